The van der Waals surface area contributed by atoms with Crippen molar-refractivity contribution in [1.82, 2.24) is 4.90 Å². The molecule has 0 unspecified atom stereocenters. The molecule has 7 heteroatoms. The first kappa shape index (κ1) is 16.8. The third kappa shape index (κ3) is 3.37. The van der Waals surface area contributed by atoms with Crippen molar-refractivity contribution in [3.8, 4) is 11.5 Å². The molecule has 2 aromatic carbocycles. The van der Waals surface area contributed by atoms with Gasteiger partial charge in [0.1, 0.15) is 17.2 Å². The molecule has 136 valence electrons. The van der Waals surface area contributed by atoms with E-state index in [4.69, 9.17) is 14.3 Å². The molecule has 2 aliphatic rings. The molecule has 26 heavy (non-hydrogen) atoms. The first-order valence-electron chi connectivity index (χ1n) is 8.61. The van der Waals surface area contributed by atoms with Crippen LogP contribution in [0.1, 0.15) is 15.9 Å². The molecule has 0 saturated carbocycles. The van der Waals surface area contributed by atoms with Gasteiger partial charge in [0.2, 0.25) is 0 Å². The molecule has 7 nitrogen and oxygen atoms in total. The number of benzene rings is 2. The fourth-order valence-corrected chi connectivity index (χ4v) is 3.13. The lowest BCUT2D eigenvalue weighted by atomic mass is 10.1. The largest absolute Gasteiger partial charge is 0.457 e. The van der Waals surface area contributed by atoms with Gasteiger partial charge in [0.15, 0.2) is 0 Å². The van der Waals surface area contributed by atoms with Gasteiger partial charge in [-0.1, -0.05) is 6.07 Å². The Labute approximate surface area is 151 Å². The van der Waals surface area contributed by atoms with E-state index in [2.05, 4.69) is 0 Å². The average molecular weight is 356 g/mol. The highest BCUT2D eigenvalue weighted by Crippen LogP contribution is 2.35. The molecular formula is C19H20N2O5. The van der Waals surface area contributed by atoms with E-state index in [1.165, 1.54) is 0 Å². The molecule has 0 aromatic heterocycles. The van der Waals surface area contributed by atoms with Crippen LogP contribution >= 0.6 is 0 Å². The summed E-state index contributed by atoms with van der Waals surface area (Å²) >= 11 is 0. The predicted octanol–water partition coefficient (Wildman–Crippen LogP) is 2.63. The van der Waals surface area contributed by atoms with Crippen LogP contribution in [0, 0.1) is 0 Å². The van der Waals surface area contributed by atoms with Gasteiger partial charge in [-0.2, -0.15) is 0 Å². The van der Waals surface area contributed by atoms with E-state index in [0.29, 0.717) is 62.1 Å². The lowest BCUT2D eigenvalue weighted by Gasteiger charge is -2.27. The van der Waals surface area contributed by atoms with E-state index >= 15 is 0 Å². The number of rotatable bonds is 3. The van der Waals surface area contributed by atoms with Gasteiger partial charge in [-0.25, -0.2) is 4.84 Å². The Morgan fingerprint density at radius 1 is 1.04 bits per heavy atom. The van der Waals surface area contributed by atoms with Gasteiger partial charge in [0.05, 0.1) is 19.8 Å². The van der Waals surface area contributed by atoms with Crippen molar-refractivity contribution in [2.45, 2.75) is 6.42 Å². The van der Waals surface area contributed by atoms with E-state index in [1.807, 2.05) is 6.07 Å². The monoisotopic (exact) mass is 356 g/mol. The van der Waals surface area contributed by atoms with E-state index in [1.54, 1.807) is 41.3 Å². The molecule has 1 N–H and O–H groups in total. The Bertz CT molecular complexity index is 787. The third-order valence-corrected chi connectivity index (χ3v) is 4.51. The molecule has 0 spiro atoms. The van der Waals surface area contributed by atoms with Crippen LogP contribution in [0.15, 0.2) is 42.5 Å². The predicted molar refractivity (Wildman–Crippen MR) is 93.6 cm³/mol. The molecule has 0 bridgehead atoms. The second-order valence-electron chi connectivity index (χ2n) is 6.14. The van der Waals surface area contributed by atoms with Gasteiger partial charge in [0.25, 0.3) is 5.91 Å². The number of carbonyl (C=O) groups is 1. The number of fused-ring (bicyclic) bond motifs is 1. The molecule has 2 heterocycles. The normalized spacial score (nSPS) is 17.0. The smallest absolute Gasteiger partial charge is 0.254 e. The summed E-state index contributed by atoms with van der Waals surface area (Å²) in [6.07, 6.45) is 0.649. The maximum absolute atomic E-state index is 12.5. The number of nitrogens with zero attached hydrogens (tertiary/aromatic N) is 2. The van der Waals surface area contributed by atoms with Crippen molar-refractivity contribution in [2.24, 2.45) is 0 Å². The fraction of sp³-hybridized carbons (Fsp3) is 0.316. The number of hydrogen-bond donors (Lipinski definition) is 1. The van der Waals surface area contributed by atoms with E-state index in [-0.39, 0.29) is 5.91 Å². The SMILES string of the molecule is O=C(c1ccc(Oc2cccc3c2CCON3O)cc1)N1CCOCC1. The quantitative estimate of drug-likeness (QED) is 0.912. The molecular weight excluding hydrogens is 336 g/mol. The lowest BCUT2D eigenvalue weighted by Crippen LogP contribution is -2.40. The fourth-order valence-electron chi connectivity index (χ4n) is 3.13. The minimum atomic E-state index is 0.00464. The summed E-state index contributed by atoms with van der Waals surface area (Å²) in [7, 11) is 0. The summed E-state index contributed by atoms with van der Waals surface area (Å²) in [6.45, 7) is 2.78. The first-order chi connectivity index (χ1) is 12.7. The summed E-state index contributed by atoms with van der Waals surface area (Å²) in [4.78, 5) is 19.4. The lowest BCUT2D eigenvalue weighted by molar-refractivity contribution is -0.0476. The van der Waals surface area contributed by atoms with Crippen molar-refractivity contribution < 1.29 is 24.3 Å². The van der Waals surface area contributed by atoms with Gasteiger partial charge in [-0.15, -0.1) is 5.23 Å². The number of hydrogen-bond acceptors (Lipinski definition) is 6. The summed E-state index contributed by atoms with van der Waals surface area (Å²) in [5.41, 5.74) is 2.09. The van der Waals surface area contributed by atoms with Crippen molar-refractivity contribution in [2.75, 3.05) is 38.1 Å². The van der Waals surface area contributed by atoms with E-state index in [0.717, 1.165) is 10.8 Å². The van der Waals surface area contributed by atoms with Crippen LogP contribution in [0.2, 0.25) is 0 Å². The Morgan fingerprint density at radius 2 is 1.81 bits per heavy atom. The molecule has 4 rings (SSSR count). The Kier molecular flexibility index (Phi) is 4.75. The van der Waals surface area contributed by atoms with Crippen LogP contribution in [-0.4, -0.2) is 48.9 Å². The third-order valence-electron chi connectivity index (χ3n) is 4.51. The van der Waals surface area contributed by atoms with Crippen LogP contribution in [0.25, 0.3) is 0 Å². The highest BCUT2D eigenvalue weighted by atomic mass is 16.9. The molecule has 2 aliphatic heterocycles. The van der Waals surface area contributed by atoms with Gasteiger partial charge in [0, 0.05) is 30.6 Å². The van der Waals surface area contributed by atoms with Crippen LogP contribution in [0.5, 0.6) is 11.5 Å². The number of anilines is 1. The maximum atomic E-state index is 12.5. The molecule has 0 radical (unpaired) electrons. The summed E-state index contributed by atoms with van der Waals surface area (Å²) in [6, 6.07) is 12.5. The van der Waals surface area contributed by atoms with Gasteiger partial charge < -0.3 is 14.4 Å². The first-order valence-corrected chi connectivity index (χ1v) is 8.61. The van der Waals surface area contributed by atoms with E-state index in [9.17, 15) is 10.0 Å². The van der Waals surface area contributed by atoms with E-state index < -0.39 is 0 Å². The average Bonchev–Trinajstić information content (AvgIpc) is 2.69. The number of morpholine rings is 1. The second kappa shape index (κ2) is 7.33. The van der Waals surface area contributed by atoms with Gasteiger partial charge >= 0.3 is 0 Å². The molecule has 0 aliphatic carbocycles. The zero-order valence-electron chi connectivity index (χ0n) is 14.3. The zero-order chi connectivity index (χ0) is 17.9. The molecule has 0 atom stereocenters. The Balaban J connectivity index is 1.50. The number of amides is 1. The highest BCUT2D eigenvalue weighted by Gasteiger charge is 2.21. The second-order valence-corrected chi connectivity index (χ2v) is 6.14. The minimum Gasteiger partial charge on any atom is -0.457 e. The van der Waals surface area contributed by atoms with Crippen LogP contribution in [0.4, 0.5) is 5.69 Å². The minimum absolute atomic E-state index is 0.00464. The van der Waals surface area contributed by atoms with Crippen LogP contribution in [0.3, 0.4) is 0 Å². The topological polar surface area (TPSA) is 71.5 Å². The standard InChI is InChI=1S/C19H20N2O5/c22-19(20-9-12-24-13-10-20)14-4-6-15(7-5-14)26-18-3-1-2-17-16(18)8-11-25-21(17)23/h1-7,23H,8-13H2. The van der Waals surface area contributed by atoms with Crippen molar-refractivity contribution in [3.63, 3.8) is 0 Å². The molecule has 2 aromatic rings. The molecule has 1 saturated heterocycles. The van der Waals surface area contributed by atoms with Crippen LogP contribution in [-0.2, 0) is 16.0 Å². The summed E-state index contributed by atoms with van der Waals surface area (Å²) < 4.78 is 11.2. The number of ether oxygens (including phenoxy) is 2. The maximum Gasteiger partial charge on any atom is 0.254 e. The van der Waals surface area contributed by atoms with Crippen molar-refractivity contribution in [1.29, 1.82) is 0 Å². The van der Waals surface area contributed by atoms with Gasteiger partial charge in [-0.3, -0.25) is 10.0 Å². The summed E-state index contributed by atoms with van der Waals surface area (Å²) in [5.74, 6) is 1.30. The highest BCUT2D eigenvalue weighted by molar-refractivity contribution is 5.94. The van der Waals surface area contributed by atoms with Crippen molar-refractivity contribution >= 4 is 11.6 Å². The summed E-state index contributed by atoms with van der Waals surface area (Å²) in [5, 5.41) is 10.6. The Morgan fingerprint density at radius 3 is 2.58 bits per heavy atom. The number of carbonyl (C=O) groups excluding carboxylic acids is 1. The molecule has 1 fully saturated rings. The molecule has 1 amide bonds. The zero-order valence-corrected chi connectivity index (χ0v) is 14.3. The van der Waals surface area contributed by atoms with Crippen LogP contribution < -0.4 is 9.96 Å². The van der Waals surface area contributed by atoms with Gasteiger partial charge in [-0.05, 0) is 36.4 Å². The van der Waals surface area contributed by atoms with Crippen molar-refractivity contribution in [3.05, 3.63) is 53.6 Å². The Hall–Kier alpha value is -2.61.